The Morgan fingerprint density at radius 2 is 1.85 bits per heavy atom. The molecule has 2 aliphatic carbocycles. The smallest absolute Gasteiger partial charge is 0.407 e. The van der Waals surface area contributed by atoms with Crippen LogP contribution in [0.5, 0.6) is 0 Å². The highest BCUT2D eigenvalue weighted by atomic mass is 32.1. The molecule has 3 N–H and O–H groups in total. The van der Waals surface area contributed by atoms with Crippen molar-refractivity contribution >= 4 is 23.2 Å². The molecule has 0 bridgehead atoms. The first-order chi connectivity index (χ1) is 18.5. The van der Waals surface area contributed by atoms with Crippen LogP contribution in [0.1, 0.15) is 24.3 Å². The molecule has 1 aromatic heterocycles. The summed E-state index contributed by atoms with van der Waals surface area (Å²) >= 11 is 0.783. The van der Waals surface area contributed by atoms with E-state index < -0.39 is 41.7 Å². The minimum Gasteiger partial charge on any atom is -0.407 e. The summed E-state index contributed by atoms with van der Waals surface area (Å²) in [6, 6.07) is 6.32. The second kappa shape index (κ2) is 10.7. The lowest BCUT2D eigenvalue weighted by Gasteiger charge is -2.38. The Morgan fingerprint density at radius 1 is 1.13 bits per heavy atom. The molecule has 2 heterocycles. The van der Waals surface area contributed by atoms with Gasteiger partial charge in [0.2, 0.25) is 11.8 Å². The van der Waals surface area contributed by atoms with Crippen LogP contribution < -0.4 is 11.1 Å². The van der Waals surface area contributed by atoms with Gasteiger partial charge >= 0.3 is 6.36 Å². The predicted octanol–water partition coefficient (Wildman–Crippen LogP) is 2.67. The van der Waals surface area contributed by atoms with Crippen molar-refractivity contribution in [1.29, 1.82) is 0 Å². The molecule has 1 saturated heterocycles. The molecule has 14 heteroatoms. The van der Waals surface area contributed by atoms with E-state index in [-0.39, 0.29) is 27.7 Å². The number of aromatic nitrogens is 2. The van der Waals surface area contributed by atoms with Crippen molar-refractivity contribution in [3.63, 3.8) is 0 Å². The van der Waals surface area contributed by atoms with Crippen LogP contribution in [0, 0.1) is 5.82 Å². The number of ether oxygens (including phenoxy) is 1. The van der Waals surface area contributed by atoms with Crippen LogP contribution in [0.2, 0.25) is 0 Å². The van der Waals surface area contributed by atoms with Crippen LogP contribution in [0.3, 0.4) is 0 Å². The first-order valence-electron chi connectivity index (χ1n) is 12.4. The Hall–Kier alpha value is -3.36. The zero-order chi connectivity index (χ0) is 27.8. The Labute approximate surface area is 225 Å². The normalized spacial score (nSPS) is 22.7. The van der Waals surface area contributed by atoms with Gasteiger partial charge in [-0.1, -0.05) is 29.5 Å². The summed E-state index contributed by atoms with van der Waals surface area (Å²) in [4.78, 5) is 29.7. The monoisotopic (exact) mass is 566 g/mol. The highest BCUT2D eigenvalue weighted by Gasteiger charge is 2.50. The third kappa shape index (κ3) is 6.12. The van der Waals surface area contributed by atoms with Crippen LogP contribution in [-0.2, 0) is 19.9 Å². The van der Waals surface area contributed by atoms with E-state index >= 15 is 0 Å². The lowest BCUT2D eigenvalue weighted by molar-refractivity contribution is -0.310. The van der Waals surface area contributed by atoms with Crippen LogP contribution in [0.15, 0.2) is 47.7 Å². The molecule has 2 fully saturated rings. The molecular weight excluding hydrogens is 540 g/mol. The van der Waals surface area contributed by atoms with E-state index in [1.165, 1.54) is 31.0 Å². The molecule has 1 aliphatic heterocycles. The number of benzene rings is 1. The number of hydrogen-bond acceptors (Lipinski definition) is 8. The van der Waals surface area contributed by atoms with Gasteiger partial charge in [0.15, 0.2) is 15.6 Å². The second-order valence-corrected chi connectivity index (χ2v) is 10.7. The largest absolute Gasteiger partial charge is 0.572 e. The highest BCUT2D eigenvalue weighted by molar-refractivity contribution is 7.14. The number of nitrogens with zero attached hydrogens (tertiary/aromatic N) is 4. The summed E-state index contributed by atoms with van der Waals surface area (Å²) in [5.41, 5.74) is 3.45. The fourth-order valence-corrected chi connectivity index (χ4v) is 5.87. The summed E-state index contributed by atoms with van der Waals surface area (Å²) in [6.45, 7) is 2.75. The van der Waals surface area contributed by atoms with Gasteiger partial charge < -0.3 is 15.8 Å². The number of carbonyl (C=O) groups is 2. The number of halogens is 4. The van der Waals surface area contributed by atoms with Crippen LogP contribution in [-0.4, -0.2) is 76.9 Å². The van der Waals surface area contributed by atoms with Gasteiger partial charge in [-0.05, 0) is 31.1 Å². The van der Waals surface area contributed by atoms with Gasteiger partial charge in [-0.3, -0.25) is 19.4 Å². The topological polar surface area (TPSA) is 114 Å². The molecule has 9 nitrogen and oxygen atoms in total. The number of primary amides is 1. The van der Waals surface area contributed by atoms with E-state index in [2.05, 4.69) is 25.2 Å². The van der Waals surface area contributed by atoms with E-state index in [4.69, 9.17) is 5.73 Å². The molecule has 1 unspecified atom stereocenters. The van der Waals surface area contributed by atoms with Crippen molar-refractivity contribution in [3.05, 3.63) is 58.6 Å². The first-order valence-corrected chi connectivity index (χ1v) is 13.2. The van der Waals surface area contributed by atoms with Crippen LogP contribution >= 0.6 is 11.3 Å². The van der Waals surface area contributed by atoms with E-state index in [0.29, 0.717) is 19.1 Å². The Bertz CT molecular complexity index is 1320. The highest BCUT2D eigenvalue weighted by Crippen LogP contribution is 2.44. The third-order valence-corrected chi connectivity index (χ3v) is 8.06. The van der Waals surface area contributed by atoms with Crippen LogP contribution in [0.4, 0.5) is 17.6 Å². The van der Waals surface area contributed by atoms with E-state index in [1.807, 2.05) is 4.90 Å². The third-order valence-electron chi connectivity index (χ3n) is 6.94. The van der Waals surface area contributed by atoms with Gasteiger partial charge in [0, 0.05) is 49.8 Å². The van der Waals surface area contributed by atoms with E-state index in [1.54, 1.807) is 6.07 Å². The minimum atomic E-state index is -5.11. The number of nitrogens with one attached hydrogen (secondary N) is 1. The average molecular weight is 567 g/mol. The standard InChI is InChI=1S/C25H26F4N6O3S/c26-18-4-2-1-3-17(18)22-32-33-23(39-22)24(13-15(21(30)37)5-8-19(24)38-25(27,28)29)31-20(36)14-34-9-11-35(12-10-34)16-6-7-16/h1-5,8,16H,6-7,9-14H2,(H2,30,37)(H,31,36). The zero-order valence-corrected chi connectivity index (χ0v) is 21.5. The zero-order valence-electron chi connectivity index (χ0n) is 20.7. The summed E-state index contributed by atoms with van der Waals surface area (Å²) in [5, 5.41) is 10.6. The number of piperazine rings is 1. The fraction of sp³-hybridized carbons (Fsp3) is 0.440. The molecule has 0 spiro atoms. The number of hydrogen-bond donors (Lipinski definition) is 2. The summed E-state index contributed by atoms with van der Waals surface area (Å²) in [7, 11) is 0. The van der Waals surface area contributed by atoms with Gasteiger partial charge in [-0.25, -0.2) is 4.39 Å². The first kappa shape index (κ1) is 27.2. The van der Waals surface area contributed by atoms with Crippen molar-refractivity contribution in [2.75, 3.05) is 32.7 Å². The van der Waals surface area contributed by atoms with Crippen molar-refractivity contribution < 1.29 is 31.9 Å². The minimum absolute atomic E-state index is 0.0505. The second-order valence-electron chi connectivity index (χ2n) is 9.70. The molecule has 0 radical (unpaired) electrons. The number of rotatable bonds is 8. The van der Waals surface area contributed by atoms with E-state index in [9.17, 15) is 27.2 Å². The Kier molecular flexibility index (Phi) is 7.44. The average Bonchev–Trinajstić information content (AvgIpc) is 3.61. The SMILES string of the molecule is NC(=O)C1=CC=C(OC(F)(F)F)C(NC(=O)CN2CCN(C3CC3)CC2)(c2nnc(-c3ccccc3F)s2)C1. The molecule has 1 aromatic carbocycles. The quantitative estimate of drug-likeness (QED) is 0.473. The van der Waals surface area contributed by atoms with Crippen molar-refractivity contribution in [3.8, 4) is 10.6 Å². The molecule has 3 aliphatic rings. The molecule has 2 amide bonds. The summed E-state index contributed by atoms with van der Waals surface area (Å²) in [5.74, 6) is -2.79. The Morgan fingerprint density at radius 3 is 2.49 bits per heavy atom. The molecule has 5 rings (SSSR count). The number of allylic oxidation sites excluding steroid dienone is 2. The molecule has 208 valence electrons. The van der Waals surface area contributed by atoms with Gasteiger partial charge in [0.25, 0.3) is 0 Å². The molecule has 39 heavy (non-hydrogen) atoms. The maximum Gasteiger partial charge on any atom is 0.572 e. The number of carbonyl (C=O) groups excluding carboxylic acids is 2. The van der Waals surface area contributed by atoms with E-state index in [0.717, 1.165) is 36.6 Å². The molecular formula is C25H26F4N6O3S. The summed E-state index contributed by atoms with van der Waals surface area (Å²) in [6.07, 6.45) is -1.18. The van der Waals surface area contributed by atoms with Crippen molar-refractivity contribution in [2.24, 2.45) is 5.73 Å². The van der Waals surface area contributed by atoms with Crippen molar-refractivity contribution in [2.45, 2.75) is 37.2 Å². The molecule has 2 aromatic rings. The number of nitrogens with two attached hydrogens (primary N) is 1. The summed E-state index contributed by atoms with van der Waals surface area (Å²) < 4.78 is 59.3. The maximum atomic E-state index is 14.4. The number of amides is 2. The maximum absolute atomic E-state index is 14.4. The lowest BCUT2D eigenvalue weighted by atomic mass is 9.84. The fourth-order valence-electron chi connectivity index (χ4n) is 4.85. The van der Waals surface area contributed by atoms with Gasteiger partial charge in [0.1, 0.15) is 11.6 Å². The van der Waals surface area contributed by atoms with Gasteiger partial charge in [-0.15, -0.1) is 23.4 Å². The predicted molar refractivity (Wildman–Crippen MR) is 133 cm³/mol. The Balaban J connectivity index is 1.47. The number of alkyl halides is 3. The van der Waals surface area contributed by atoms with Crippen LogP contribution in [0.25, 0.3) is 10.6 Å². The molecule has 1 saturated carbocycles. The van der Waals surface area contributed by atoms with Crippen molar-refractivity contribution in [1.82, 2.24) is 25.3 Å². The molecule has 1 atom stereocenters. The lowest BCUT2D eigenvalue weighted by Crippen LogP contribution is -2.55. The van der Waals surface area contributed by atoms with Gasteiger partial charge in [0.05, 0.1) is 6.54 Å². The van der Waals surface area contributed by atoms with Gasteiger partial charge in [-0.2, -0.15) is 0 Å².